The SMILES string of the molecule is COc1cc(C(c2ccco2)N2CCCC2C(=O)O)ccc1OCc1ccccc1. The molecule has 2 unspecified atom stereocenters. The molecular formula is C24H25NO5. The van der Waals surface area contributed by atoms with Crippen molar-refractivity contribution in [3.63, 3.8) is 0 Å². The summed E-state index contributed by atoms with van der Waals surface area (Å²) in [5.41, 5.74) is 1.97. The highest BCUT2D eigenvalue weighted by atomic mass is 16.5. The Kier molecular flexibility index (Phi) is 6.05. The molecule has 1 aromatic heterocycles. The van der Waals surface area contributed by atoms with Crippen molar-refractivity contribution in [1.29, 1.82) is 0 Å². The molecule has 1 fully saturated rings. The number of hydrogen-bond donors (Lipinski definition) is 1. The van der Waals surface area contributed by atoms with Crippen molar-refractivity contribution in [2.24, 2.45) is 0 Å². The summed E-state index contributed by atoms with van der Waals surface area (Å²) in [5, 5.41) is 9.68. The maximum Gasteiger partial charge on any atom is 0.320 e. The number of nitrogens with zero attached hydrogens (tertiary/aromatic N) is 1. The second-order valence-electron chi connectivity index (χ2n) is 7.34. The summed E-state index contributed by atoms with van der Waals surface area (Å²) in [6.45, 7) is 1.13. The number of hydrogen-bond acceptors (Lipinski definition) is 5. The fraction of sp³-hybridized carbons (Fsp3) is 0.292. The molecule has 1 N–H and O–H groups in total. The first-order valence-electron chi connectivity index (χ1n) is 10.0. The van der Waals surface area contributed by atoms with Crippen LogP contribution in [0.2, 0.25) is 0 Å². The van der Waals surface area contributed by atoms with E-state index in [1.54, 1.807) is 13.4 Å². The van der Waals surface area contributed by atoms with Crippen molar-refractivity contribution < 1.29 is 23.8 Å². The fourth-order valence-corrected chi connectivity index (χ4v) is 4.04. The molecule has 6 nitrogen and oxygen atoms in total. The van der Waals surface area contributed by atoms with E-state index in [0.29, 0.717) is 36.8 Å². The molecule has 0 radical (unpaired) electrons. The van der Waals surface area contributed by atoms with Crippen molar-refractivity contribution in [2.75, 3.05) is 13.7 Å². The Bertz CT molecular complexity index is 971. The Morgan fingerprint density at radius 2 is 2.00 bits per heavy atom. The van der Waals surface area contributed by atoms with Crippen LogP contribution in [0.15, 0.2) is 71.3 Å². The average molecular weight is 407 g/mol. The van der Waals surface area contributed by atoms with Crippen LogP contribution in [0.1, 0.15) is 35.8 Å². The number of ether oxygens (including phenoxy) is 2. The van der Waals surface area contributed by atoms with E-state index in [9.17, 15) is 9.90 Å². The molecule has 3 aromatic rings. The molecule has 2 aromatic carbocycles. The van der Waals surface area contributed by atoms with Gasteiger partial charge in [-0.2, -0.15) is 0 Å². The smallest absolute Gasteiger partial charge is 0.320 e. The van der Waals surface area contributed by atoms with Gasteiger partial charge >= 0.3 is 5.97 Å². The molecule has 0 aliphatic carbocycles. The number of likely N-dealkylation sites (tertiary alicyclic amines) is 1. The summed E-state index contributed by atoms with van der Waals surface area (Å²) in [6, 6.07) is 18.5. The molecule has 1 aliphatic rings. The molecule has 4 rings (SSSR count). The topological polar surface area (TPSA) is 72.1 Å². The van der Waals surface area contributed by atoms with Crippen LogP contribution < -0.4 is 9.47 Å². The van der Waals surface area contributed by atoms with E-state index in [-0.39, 0.29) is 6.04 Å². The normalized spacial score (nSPS) is 17.6. The predicted molar refractivity (Wildman–Crippen MR) is 112 cm³/mol. The van der Waals surface area contributed by atoms with Crippen LogP contribution in [0.4, 0.5) is 0 Å². The number of carbonyl (C=O) groups is 1. The first kappa shape index (κ1) is 20.0. The lowest BCUT2D eigenvalue weighted by molar-refractivity contribution is -0.142. The monoisotopic (exact) mass is 407 g/mol. The number of rotatable bonds is 8. The van der Waals surface area contributed by atoms with Crippen LogP contribution in [-0.2, 0) is 11.4 Å². The molecule has 0 saturated carbocycles. The van der Waals surface area contributed by atoms with Crippen LogP contribution in [-0.4, -0.2) is 35.7 Å². The second-order valence-corrected chi connectivity index (χ2v) is 7.34. The number of aliphatic carboxylic acids is 1. The van der Waals surface area contributed by atoms with Crippen molar-refractivity contribution in [3.8, 4) is 11.5 Å². The Balaban J connectivity index is 1.63. The van der Waals surface area contributed by atoms with Crippen molar-refractivity contribution in [3.05, 3.63) is 83.8 Å². The van der Waals surface area contributed by atoms with Crippen LogP contribution in [0.3, 0.4) is 0 Å². The molecule has 0 bridgehead atoms. The van der Waals surface area contributed by atoms with Crippen LogP contribution >= 0.6 is 0 Å². The number of benzene rings is 2. The van der Waals surface area contributed by atoms with Gasteiger partial charge in [0.15, 0.2) is 11.5 Å². The first-order valence-corrected chi connectivity index (χ1v) is 10.0. The highest BCUT2D eigenvalue weighted by Gasteiger charge is 2.38. The lowest BCUT2D eigenvalue weighted by Gasteiger charge is -2.30. The lowest BCUT2D eigenvalue weighted by atomic mass is 10.0. The minimum Gasteiger partial charge on any atom is -0.493 e. The zero-order valence-electron chi connectivity index (χ0n) is 16.9. The largest absolute Gasteiger partial charge is 0.493 e. The Morgan fingerprint density at radius 3 is 2.70 bits per heavy atom. The fourth-order valence-electron chi connectivity index (χ4n) is 4.04. The number of carboxylic acid groups (broad SMARTS) is 1. The molecule has 1 aliphatic heterocycles. The van der Waals surface area contributed by atoms with Crippen LogP contribution in [0.5, 0.6) is 11.5 Å². The molecule has 0 spiro atoms. The van der Waals surface area contributed by atoms with Gasteiger partial charge in [-0.3, -0.25) is 9.69 Å². The molecule has 2 heterocycles. The van der Waals surface area contributed by atoms with Crippen molar-refractivity contribution in [2.45, 2.75) is 31.5 Å². The lowest BCUT2D eigenvalue weighted by Crippen LogP contribution is -2.39. The van der Waals surface area contributed by atoms with Gasteiger partial charge in [0, 0.05) is 6.54 Å². The maximum atomic E-state index is 11.8. The number of carboxylic acids is 1. The number of furan rings is 1. The van der Waals surface area contributed by atoms with Gasteiger partial charge in [0.05, 0.1) is 19.4 Å². The summed E-state index contributed by atoms with van der Waals surface area (Å²) in [4.78, 5) is 13.8. The van der Waals surface area contributed by atoms with Crippen molar-refractivity contribution in [1.82, 2.24) is 4.90 Å². The Hall–Kier alpha value is -3.25. The third-order valence-corrected chi connectivity index (χ3v) is 5.46. The van der Waals surface area contributed by atoms with Gasteiger partial charge in [-0.1, -0.05) is 36.4 Å². The predicted octanol–water partition coefficient (Wildman–Crippen LogP) is 4.51. The quantitative estimate of drug-likeness (QED) is 0.593. The third kappa shape index (κ3) is 4.19. The van der Waals surface area contributed by atoms with Gasteiger partial charge in [-0.05, 0) is 48.2 Å². The van der Waals surface area contributed by atoms with Gasteiger partial charge in [-0.15, -0.1) is 0 Å². The van der Waals surface area contributed by atoms with E-state index < -0.39 is 12.0 Å². The van der Waals surface area contributed by atoms with Crippen LogP contribution in [0.25, 0.3) is 0 Å². The van der Waals surface area contributed by atoms with Crippen LogP contribution in [0, 0.1) is 0 Å². The summed E-state index contributed by atoms with van der Waals surface area (Å²) >= 11 is 0. The molecule has 1 saturated heterocycles. The van der Waals surface area contributed by atoms with Gasteiger partial charge in [-0.25, -0.2) is 0 Å². The van der Waals surface area contributed by atoms with Gasteiger partial charge in [0.25, 0.3) is 0 Å². The molecule has 0 amide bonds. The first-order chi connectivity index (χ1) is 14.7. The molecule has 6 heteroatoms. The standard InChI is InChI=1S/C24H25NO5/c1-28-22-15-18(11-12-20(22)30-16-17-7-3-2-4-8-17)23(21-10-6-14-29-21)25-13-5-9-19(25)24(26)27/h2-4,6-8,10-12,14-15,19,23H,5,9,13,16H2,1H3,(H,26,27). The minimum atomic E-state index is -0.807. The van der Waals surface area contributed by atoms with E-state index in [1.807, 2.05) is 65.6 Å². The minimum absolute atomic E-state index is 0.305. The van der Waals surface area contributed by atoms with E-state index in [4.69, 9.17) is 13.9 Å². The molecule has 2 atom stereocenters. The highest BCUT2D eigenvalue weighted by molar-refractivity contribution is 5.74. The maximum absolute atomic E-state index is 11.8. The zero-order valence-corrected chi connectivity index (χ0v) is 16.9. The van der Waals surface area contributed by atoms with E-state index in [2.05, 4.69) is 0 Å². The summed E-state index contributed by atoms with van der Waals surface area (Å²) in [6.07, 6.45) is 3.08. The third-order valence-electron chi connectivity index (χ3n) is 5.46. The molecule has 30 heavy (non-hydrogen) atoms. The van der Waals surface area contributed by atoms with Gasteiger partial charge in [0.1, 0.15) is 18.4 Å². The highest BCUT2D eigenvalue weighted by Crippen LogP contribution is 2.39. The van der Waals surface area contributed by atoms with E-state index in [0.717, 1.165) is 17.5 Å². The second kappa shape index (κ2) is 9.05. The van der Waals surface area contributed by atoms with E-state index in [1.165, 1.54) is 0 Å². The van der Waals surface area contributed by atoms with Gasteiger partial charge < -0.3 is 19.0 Å². The average Bonchev–Trinajstić information content (AvgIpc) is 3.46. The Morgan fingerprint density at radius 1 is 1.17 bits per heavy atom. The molecule has 156 valence electrons. The number of methoxy groups -OCH3 is 1. The summed E-state index contributed by atoms with van der Waals surface area (Å²) in [7, 11) is 1.60. The summed E-state index contributed by atoms with van der Waals surface area (Å²) < 4.78 is 17.2. The zero-order chi connectivity index (χ0) is 20.9. The summed E-state index contributed by atoms with van der Waals surface area (Å²) in [5.74, 6) is 1.15. The van der Waals surface area contributed by atoms with Crippen molar-refractivity contribution >= 4 is 5.97 Å². The van der Waals surface area contributed by atoms with Gasteiger partial charge in [0.2, 0.25) is 0 Å². The Labute approximate surface area is 175 Å². The molecular weight excluding hydrogens is 382 g/mol. The van der Waals surface area contributed by atoms with E-state index >= 15 is 0 Å².